The van der Waals surface area contributed by atoms with Crippen LogP contribution in [0.5, 0.6) is 0 Å². The monoisotopic (exact) mass is 346 g/mol. The van der Waals surface area contributed by atoms with Crippen molar-refractivity contribution in [3.63, 3.8) is 0 Å². The van der Waals surface area contributed by atoms with Crippen molar-refractivity contribution in [3.05, 3.63) is 72.4 Å². The molecule has 1 N–H and O–H groups in total. The SMILES string of the molecule is O=C(/N=c1\nc2ccccc2c(-c2ccccc2)n1O)N1CC=CCC1. The van der Waals surface area contributed by atoms with Crippen LogP contribution in [-0.4, -0.2) is 38.9 Å². The Labute approximate surface area is 150 Å². The van der Waals surface area contributed by atoms with Crippen LogP contribution in [0.25, 0.3) is 22.2 Å². The summed E-state index contributed by atoms with van der Waals surface area (Å²) in [4.78, 5) is 22.5. The Morgan fingerprint density at radius 3 is 2.58 bits per heavy atom. The minimum atomic E-state index is -0.404. The molecule has 0 spiro atoms. The predicted octanol–water partition coefficient (Wildman–Crippen LogP) is 3.22. The maximum Gasteiger partial charge on any atom is 0.347 e. The lowest BCUT2D eigenvalue weighted by Gasteiger charge is -2.20. The number of carbonyl (C=O) groups excluding carboxylic acids is 1. The first-order chi connectivity index (χ1) is 12.7. The fourth-order valence-corrected chi connectivity index (χ4v) is 3.06. The molecule has 2 amide bonds. The van der Waals surface area contributed by atoms with Crippen molar-refractivity contribution in [2.45, 2.75) is 6.42 Å². The van der Waals surface area contributed by atoms with Crippen LogP contribution in [0, 0.1) is 0 Å². The molecule has 0 bridgehead atoms. The molecule has 6 heteroatoms. The number of rotatable bonds is 1. The highest BCUT2D eigenvalue weighted by molar-refractivity contribution is 5.92. The molecular weight excluding hydrogens is 328 g/mol. The Morgan fingerprint density at radius 1 is 1.04 bits per heavy atom. The molecule has 0 saturated heterocycles. The Bertz CT molecular complexity index is 1050. The van der Waals surface area contributed by atoms with Crippen molar-refractivity contribution in [2.75, 3.05) is 13.1 Å². The minimum Gasteiger partial charge on any atom is -0.425 e. The Morgan fingerprint density at radius 2 is 1.81 bits per heavy atom. The number of fused-ring (bicyclic) bond motifs is 1. The Hall–Kier alpha value is -3.41. The fourth-order valence-electron chi connectivity index (χ4n) is 3.06. The zero-order valence-corrected chi connectivity index (χ0v) is 14.1. The molecular formula is C20H18N4O2. The maximum absolute atomic E-state index is 12.5. The van der Waals surface area contributed by atoms with Gasteiger partial charge in [0.05, 0.1) is 5.52 Å². The molecule has 0 radical (unpaired) electrons. The number of amides is 2. The lowest BCUT2D eigenvalue weighted by Crippen LogP contribution is -2.35. The van der Waals surface area contributed by atoms with E-state index in [4.69, 9.17) is 0 Å². The van der Waals surface area contributed by atoms with Crippen LogP contribution in [0.4, 0.5) is 4.79 Å². The second-order valence-electron chi connectivity index (χ2n) is 6.06. The normalized spacial score (nSPS) is 14.8. The minimum absolute atomic E-state index is 0.0258. The molecule has 1 aliphatic heterocycles. The Balaban J connectivity index is 1.91. The molecule has 1 aliphatic rings. The summed E-state index contributed by atoms with van der Waals surface area (Å²) in [7, 11) is 0. The standard InChI is InChI=1S/C20H18N4O2/c25-20(23-13-7-2-8-14-23)22-19-21-17-12-6-5-11-16(17)18(24(19)26)15-9-3-1-4-10-15/h1-7,9-12,26H,8,13-14H2/b22-19+. The third-order valence-electron chi connectivity index (χ3n) is 4.35. The maximum atomic E-state index is 12.5. The van der Waals surface area contributed by atoms with Gasteiger partial charge in [-0.05, 0) is 12.5 Å². The van der Waals surface area contributed by atoms with Gasteiger partial charge in [-0.25, -0.2) is 9.78 Å². The second kappa shape index (κ2) is 6.84. The summed E-state index contributed by atoms with van der Waals surface area (Å²) < 4.78 is 0.898. The molecule has 0 aliphatic carbocycles. The highest BCUT2D eigenvalue weighted by Gasteiger charge is 2.16. The molecule has 2 heterocycles. The first-order valence-electron chi connectivity index (χ1n) is 8.49. The van der Waals surface area contributed by atoms with Gasteiger partial charge in [0.25, 0.3) is 5.62 Å². The van der Waals surface area contributed by atoms with E-state index < -0.39 is 6.03 Å². The largest absolute Gasteiger partial charge is 0.425 e. The molecule has 0 fully saturated rings. The molecule has 6 nitrogen and oxygen atoms in total. The van der Waals surface area contributed by atoms with Gasteiger partial charge in [-0.1, -0.05) is 60.7 Å². The van der Waals surface area contributed by atoms with Crippen LogP contribution in [-0.2, 0) is 0 Å². The molecule has 1 aromatic heterocycles. The van der Waals surface area contributed by atoms with Gasteiger partial charge in [0.1, 0.15) is 5.69 Å². The van der Waals surface area contributed by atoms with Crippen molar-refractivity contribution in [2.24, 2.45) is 4.99 Å². The third-order valence-corrected chi connectivity index (χ3v) is 4.35. The number of urea groups is 1. The summed E-state index contributed by atoms with van der Waals surface area (Å²) in [6, 6.07) is 16.6. The molecule has 4 rings (SSSR count). The van der Waals surface area contributed by atoms with Gasteiger partial charge < -0.3 is 10.1 Å². The van der Waals surface area contributed by atoms with E-state index in [0.717, 1.165) is 22.1 Å². The van der Waals surface area contributed by atoms with E-state index in [-0.39, 0.29) is 5.62 Å². The molecule has 130 valence electrons. The third kappa shape index (κ3) is 2.97. The number of benzene rings is 2. The first-order valence-corrected chi connectivity index (χ1v) is 8.49. The highest BCUT2D eigenvalue weighted by atomic mass is 16.5. The van der Waals surface area contributed by atoms with Gasteiger partial charge in [-0.3, -0.25) is 0 Å². The van der Waals surface area contributed by atoms with Crippen molar-refractivity contribution in [1.29, 1.82) is 0 Å². The molecule has 2 aromatic carbocycles. The molecule has 3 aromatic rings. The average molecular weight is 346 g/mol. The summed E-state index contributed by atoms with van der Waals surface area (Å²) >= 11 is 0. The van der Waals surface area contributed by atoms with Crippen molar-refractivity contribution in [3.8, 4) is 11.3 Å². The lowest BCUT2D eigenvalue weighted by atomic mass is 10.1. The van der Waals surface area contributed by atoms with E-state index in [2.05, 4.69) is 9.98 Å². The van der Waals surface area contributed by atoms with Gasteiger partial charge in [0, 0.05) is 24.0 Å². The molecule has 0 unspecified atom stereocenters. The van der Waals surface area contributed by atoms with Gasteiger partial charge in [0.2, 0.25) is 0 Å². The van der Waals surface area contributed by atoms with E-state index in [0.29, 0.717) is 24.3 Å². The summed E-state index contributed by atoms with van der Waals surface area (Å²) in [6.45, 7) is 1.14. The van der Waals surface area contributed by atoms with Crippen molar-refractivity contribution >= 4 is 16.9 Å². The van der Waals surface area contributed by atoms with E-state index in [9.17, 15) is 10.0 Å². The van der Waals surface area contributed by atoms with Gasteiger partial charge in [0.15, 0.2) is 0 Å². The zero-order chi connectivity index (χ0) is 17.9. The van der Waals surface area contributed by atoms with Crippen LogP contribution < -0.4 is 5.62 Å². The van der Waals surface area contributed by atoms with Crippen molar-refractivity contribution < 1.29 is 10.0 Å². The average Bonchev–Trinajstić information content (AvgIpc) is 2.70. The van der Waals surface area contributed by atoms with Crippen LogP contribution in [0.3, 0.4) is 0 Å². The quantitative estimate of drug-likeness (QED) is 0.543. The summed E-state index contributed by atoms with van der Waals surface area (Å²) in [5.41, 5.74) is 2.02. The molecule has 0 atom stereocenters. The number of hydrogen-bond donors (Lipinski definition) is 1. The molecule has 0 saturated carbocycles. The number of para-hydroxylation sites is 1. The molecule has 26 heavy (non-hydrogen) atoms. The zero-order valence-electron chi connectivity index (χ0n) is 14.1. The van der Waals surface area contributed by atoms with E-state index >= 15 is 0 Å². The smallest absolute Gasteiger partial charge is 0.347 e. The number of aromatic nitrogens is 2. The van der Waals surface area contributed by atoms with Gasteiger partial charge in [-0.15, -0.1) is 4.73 Å². The summed E-state index contributed by atoms with van der Waals surface area (Å²) in [5.74, 6) is 0. The Kier molecular flexibility index (Phi) is 4.23. The van der Waals surface area contributed by atoms with Crippen LogP contribution >= 0.6 is 0 Å². The van der Waals surface area contributed by atoms with E-state index in [1.54, 1.807) is 4.90 Å². The highest BCUT2D eigenvalue weighted by Crippen LogP contribution is 2.25. The van der Waals surface area contributed by atoms with Crippen molar-refractivity contribution in [1.82, 2.24) is 14.6 Å². The van der Waals surface area contributed by atoms with E-state index in [1.807, 2.05) is 66.7 Å². The summed E-state index contributed by atoms with van der Waals surface area (Å²) in [6.07, 6.45) is 4.78. The van der Waals surface area contributed by atoms with Crippen LogP contribution in [0.2, 0.25) is 0 Å². The lowest BCUT2D eigenvalue weighted by molar-refractivity contribution is 0.170. The summed E-state index contributed by atoms with van der Waals surface area (Å²) in [5, 5.41) is 11.5. The number of nitrogens with zero attached hydrogens (tertiary/aromatic N) is 4. The van der Waals surface area contributed by atoms with E-state index in [1.165, 1.54) is 0 Å². The topological polar surface area (TPSA) is 70.7 Å². The fraction of sp³-hybridized carbons (Fsp3) is 0.150. The van der Waals surface area contributed by atoms with Gasteiger partial charge >= 0.3 is 6.03 Å². The van der Waals surface area contributed by atoms with Crippen LogP contribution in [0.1, 0.15) is 6.42 Å². The van der Waals surface area contributed by atoms with Crippen LogP contribution in [0.15, 0.2) is 71.7 Å². The first kappa shape index (κ1) is 16.1. The second-order valence-corrected chi connectivity index (χ2v) is 6.06. The number of carbonyl (C=O) groups is 1. The van der Waals surface area contributed by atoms with Gasteiger partial charge in [-0.2, -0.15) is 4.99 Å². The number of hydrogen-bond acceptors (Lipinski definition) is 3. The predicted molar refractivity (Wildman–Crippen MR) is 98.6 cm³/mol.